The van der Waals surface area contributed by atoms with Crippen molar-refractivity contribution in [2.75, 3.05) is 0 Å². The molecule has 0 radical (unpaired) electrons. The second-order valence-corrected chi connectivity index (χ2v) is 5.58. The third-order valence-electron chi connectivity index (χ3n) is 2.78. The van der Waals surface area contributed by atoms with Crippen LogP contribution in [0.4, 0.5) is 5.69 Å². The van der Waals surface area contributed by atoms with Gasteiger partial charge in [-0.15, -0.1) is 0 Å². The van der Waals surface area contributed by atoms with Crippen LogP contribution in [-0.2, 0) is 6.54 Å². The first-order valence-electron chi connectivity index (χ1n) is 6.24. The quantitative estimate of drug-likeness (QED) is 0.657. The molecule has 0 amide bonds. The molecule has 0 unspecified atom stereocenters. The summed E-state index contributed by atoms with van der Waals surface area (Å²) in [5.41, 5.74) is 0.847. The zero-order chi connectivity index (χ0) is 14.7. The Bertz CT molecular complexity index is 623. The van der Waals surface area contributed by atoms with Gasteiger partial charge >= 0.3 is 0 Å². The fourth-order valence-electron chi connectivity index (χ4n) is 1.74. The number of non-ortho nitro benzene ring substituents is 1. The Morgan fingerprint density at radius 1 is 1.35 bits per heavy atom. The third-order valence-corrected chi connectivity index (χ3v) is 3.43. The molecule has 0 aliphatic heterocycles. The number of nitro groups is 1. The minimum atomic E-state index is -0.422. The minimum Gasteiger partial charge on any atom is -0.460 e. The molecular weight excluding hydrogens is 324 g/mol. The van der Waals surface area contributed by atoms with Gasteiger partial charge in [-0.25, -0.2) is 0 Å². The van der Waals surface area contributed by atoms with Crippen LogP contribution in [-0.4, -0.2) is 11.0 Å². The van der Waals surface area contributed by atoms with Crippen LogP contribution in [0.3, 0.4) is 0 Å². The first kappa shape index (κ1) is 14.7. The lowest BCUT2D eigenvalue weighted by atomic mass is 10.1. The van der Waals surface area contributed by atoms with Crippen molar-refractivity contribution in [1.29, 1.82) is 0 Å². The first-order valence-corrected chi connectivity index (χ1v) is 7.03. The summed E-state index contributed by atoms with van der Waals surface area (Å²) in [6, 6.07) is 8.77. The van der Waals surface area contributed by atoms with Crippen molar-refractivity contribution < 1.29 is 9.34 Å². The van der Waals surface area contributed by atoms with E-state index >= 15 is 0 Å². The van der Waals surface area contributed by atoms with Gasteiger partial charge in [0, 0.05) is 28.2 Å². The summed E-state index contributed by atoms with van der Waals surface area (Å²) in [5.74, 6) is 1.52. The minimum absolute atomic E-state index is 0.0499. The van der Waals surface area contributed by atoms with Gasteiger partial charge in [-0.05, 0) is 34.1 Å². The van der Waals surface area contributed by atoms with E-state index in [1.165, 1.54) is 12.1 Å². The predicted octanol–water partition coefficient (Wildman–Crippen LogP) is 4.12. The van der Waals surface area contributed by atoms with E-state index in [-0.39, 0.29) is 5.69 Å². The maximum absolute atomic E-state index is 10.7. The van der Waals surface area contributed by atoms with Gasteiger partial charge in [0.1, 0.15) is 11.5 Å². The highest BCUT2D eigenvalue weighted by Crippen LogP contribution is 2.32. The van der Waals surface area contributed by atoms with Crippen LogP contribution in [0.5, 0.6) is 0 Å². The maximum atomic E-state index is 10.7. The number of nitrogens with zero attached hydrogens (tertiary/aromatic N) is 1. The van der Waals surface area contributed by atoms with Gasteiger partial charge in [-0.3, -0.25) is 10.1 Å². The van der Waals surface area contributed by atoms with E-state index in [9.17, 15) is 10.1 Å². The molecule has 2 aromatic rings. The van der Waals surface area contributed by atoms with E-state index < -0.39 is 4.92 Å². The molecule has 5 nitrogen and oxygen atoms in total. The van der Waals surface area contributed by atoms with Gasteiger partial charge < -0.3 is 9.73 Å². The number of rotatable bonds is 5. The molecule has 106 valence electrons. The van der Waals surface area contributed by atoms with E-state index in [0.717, 1.165) is 11.3 Å². The molecule has 1 aromatic heterocycles. The molecule has 0 atom stereocenters. The van der Waals surface area contributed by atoms with Crippen LogP contribution in [0.15, 0.2) is 39.2 Å². The smallest absolute Gasteiger partial charge is 0.270 e. The van der Waals surface area contributed by atoms with Gasteiger partial charge in [0.25, 0.3) is 5.69 Å². The fraction of sp³-hybridized carbons (Fsp3) is 0.286. The van der Waals surface area contributed by atoms with E-state index in [2.05, 4.69) is 35.1 Å². The van der Waals surface area contributed by atoms with Crippen LogP contribution < -0.4 is 5.32 Å². The standard InChI is InChI=1S/C14H15BrN2O3/c1-9(2)16-8-11-4-6-14(20-11)12-5-3-10(17(18)19)7-13(12)15/h3-7,9,16H,8H2,1-2H3. The average molecular weight is 339 g/mol. The summed E-state index contributed by atoms with van der Waals surface area (Å²) in [7, 11) is 0. The van der Waals surface area contributed by atoms with Crippen molar-refractivity contribution in [3.8, 4) is 11.3 Å². The zero-order valence-electron chi connectivity index (χ0n) is 11.2. The summed E-state index contributed by atoms with van der Waals surface area (Å²) < 4.78 is 6.38. The molecule has 0 aliphatic rings. The Hall–Kier alpha value is -1.66. The summed E-state index contributed by atoms with van der Waals surface area (Å²) >= 11 is 3.34. The summed E-state index contributed by atoms with van der Waals surface area (Å²) in [4.78, 5) is 10.3. The first-order chi connectivity index (χ1) is 9.47. The summed E-state index contributed by atoms with van der Waals surface area (Å²) in [5, 5.41) is 14.0. The maximum Gasteiger partial charge on any atom is 0.270 e. The number of halogens is 1. The summed E-state index contributed by atoms with van der Waals surface area (Å²) in [6.07, 6.45) is 0. The van der Waals surface area contributed by atoms with Gasteiger partial charge in [0.15, 0.2) is 0 Å². The SMILES string of the molecule is CC(C)NCc1ccc(-c2ccc([N+](=O)[O-])cc2Br)o1. The molecule has 0 bridgehead atoms. The Labute approximate surface area is 125 Å². The molecule has 0 aliphatic carbocycles. The molecule has 0 saturated heterocycles. The second-order valence-electron chi connectivity index (χ2n) is 4.72. The van der Waals surface area contributed by atoms with Gasteiger partial charge in [-0.1, -0.05) is 13.8 Å². The van der Waals surface area contributed by atoms with E-state index in [4.69, 9.17) is 4.42 Å². The number of hydrogen-bond donors (Lipinski definition) is 1. The second kappa shape index (κ2) is 6.19. The number of nitrogens with one attached hydrogen (secondary N) is 1. The van der Waals surface area contributed by atoms with Gasteiger partial charge in [0.05, 0.1) is 11.5 Å². The lowest BCUT2D eigenvalue weighted by molar-refractivity contribution is -0.384. The Morgan fingerprint density at radius 3 is 2.70 bits per heavy atom. The Balaban J connectivity index is 2.21. The normalized spacial score (nSPS) is 11.0. The highest BCUT2D eigenvalue weighted by atomic mass is 79.9. The van der Waals surface area contributed by atoms with Crippen molar-refractivity contribution >= 4 is 21.6 Å². The van der Waals surface area contributed by atoms with Crippen molar-refractivity contribution in [3.05, 3.63) is 50.7 Å². The van der Waals surface area contributed by atoms with Gasteiger partial charge in [-0.2, -0.15) is 0 Å². The molecule has 0 spiro atoms. The fourth-order valence-corrected chi connectivity index (χ4v) is 2.30. The molecule has 6 heteroatoms. The molecular formula is C14H15BrN2O3. The largest absolute Gasteiger partial charge is 0.460 e. The highest BCUT2D eigenvalue weighted by molar-refractivity contribution is 9.10. The van der Waals surface area contributed by atoms with Crippen LogP contribution in [0.25, 0.3) is 11.3 Å². The third kappa shape index (κ3) is 3.46. The van der Waals surface area contributed by atoms with Crippen molar-refractivity contribution in [3.63, 3.8) is 0 Å². The Kier molecular flexibility index (Phi) is 4.57. The van der Waals surface area contributed by atoms with Crippen molar-refractivity contribution in [1.82, 2.24) is 5.32 Å². The topological polar surface area (TPSA) is 68.3 Å². The van der Waals surface area contributed by atoms with Crippen LogP contribution in [0.1, 0.15) is 19.6 Å². The van der Waals surface area contributed by atoms with Gasteiger partial charge in [0.2, 0.25) is 0 Å². The molecule has 2 rings (SSSR count). The van der Waals surface area contributed by atoms with Crippen molar-refractivity contribution in [2.24, 2.45) is 0 Å². The number of benzene rings is 1. The number of nitro benzene ring substituents is 1. The lowest BCUT2D eigenvalue weighted by Crippen LogP contribution is -2.21. The van der Waals surface area contributed by atoms with E-state index in [0.29, 0.717) is 22.8 Å². The monoisotopic (exact) mass is 338 g/mol. The van der Waals surface area contributed by atoms with E-state index in [1.807, 2.05) is 12.1 Å². The van der Waals surface area contributed by atoms with Crippen LogP contribution in [0.2, 0.25) is 0 Å². The van der Waals surface area contributed by atoms with Crippen LogP contribution in [0, 0.1) is 10.1 Å². The molecule has 20 heavy (non-hydrogen) atoms. The number of furan rings is 1. The molecule has 0 saturated carbocycles. The lowest BCUT2D eigenvalue weighted by Gasteiger charge is -2.05. The Morgan fingerprint density at radius 2 is 2.10 bits per heavy atom. The molecule has 1 N–H and O–H groups in total. The van der Waals surface area contributed by atoms with Crippen LogP contribution >= 0.6 is 15.9 Å². The number of hydrogen-bond acceptors (Lipinski definition) is 4. The molecule has 1 aromatic carbocycles. The predicted molar refractivity (Wildman–Crippen MR) is 80.5 cm³/mol. The molecule has 0 fully saturated rings. The average Bonchev–Trinajstić information content (AvgIpc) is 2.84. The van der Waals surface area contributed by atoms with Crippen molar-refractivity contribution in [2.45, 2.75) is 26.4 Å². The summed E-state index contributed by atoms with van der Waals surface area (Å²) in [6.45, 7) is 4.79. The zero-order valence-corrected chi connectivity index (χ0v) is 12.8. The van der Waals surface area contributed by atoms with E-state index in [1.54, 1.807) is 6.07 Å². The molecule has 1 heterocycles. The highest BCUT2D eigenvalue weighted by Gasteiger charge is 2.13.